The maximum Gasteiger partial charge on any atom is 0.283 e. The zero-order valence-electron chi connectivity index (χ0n) is 22.8. The summed E-state index contributed by atoms with van der Waals surface area (Å²) in [5, 5.41) is 2.59. The number of benzene rings is 2. The Hall–Kier alpha value is -2.61. The number of likely N-dealkylation sites (N-methyl/N-ethyl adjacent to an activating group) is 1. The first-order valence-electron chi connectivity index (χ1n) is 13.7. The number of fused-ring (bicyclic) bond motifs is 2. The Morgan fingerprint density at radius 1 is 1.05 bits per heavy atom. The van der Waals surface area contributed by atoms with Crippen LogP contribution < -0.4 is 0 Å². The summed E-state index contributed by atoms with van der Waals surface area (Å²) in [6.07, 6.45) is 0.820. The van der Waals surface area contributed by atoms with E-state index in [2.05, 4.69) is 9.88 Å². The second-order valence-electron chi connectivity index (χ2n) is 10.7. The summed E-state index contributed by atoms with van der Waals surface area (Å²) < 4.78 is 34.4. The van der Waals surface area contributed by atoms with Gasteiger partial charge in [-0.15, -0.1) is 11.3 Å². The van der Waals surface area contributed by atoms with E-state index < -0.39 is 16.1 Å². The van der Waals surface area contributed by atoms with Gasteiger partial charge < -0.3 is 19.4 Å². The number of carbonyl (C=O) groups is 2. The monoisotopic (exact) mass is 617 g/mol. The molecule has 1 aromatic heterocycles. The number of ether oxygens (including phenoxy) is 1. The van der Waals surface area contributed by atoms with Crippen molar-refractivity contribution in [1.82, 2.24) is 24.0 Å². The molecule has 0 spiro atoms. The second kappa shape index (κ2) is 11.6. The molecule has 0 radical (unpaired) electrons. The third-order valence-electron chi connectivity index (χ3n) is 8.00. The normalized spacial score (nSPS) is 20.8. The lowest BCUT2D eigenvalue weighted by Crippen LogP contribution is -2.58. The van der Waals surface area contributed by atoms with Crippen LogP contribution in [0.2, 0.25) is 5.02 Å². The number of nitrogens with zero attached hydrogens (tertiary/aromatic N) is 5. The molecule has 4 heterocycles. The van der Waals surface area contributed by atoms with Crippen LogP contribution in [0.5, 0.6) is 0 Å². The molecule has 2 aromatic carbocycles. The SMILES string of the molecule is CN1CCc2nc(C(=O)N3CCN(S(=O)(=O)c4ccc5cc(Cl)ccc5c4)CC3CC(=O)N3CCOCC3)sc2C1. The van der Waals surface area contributed by atoms with Gasteiger partial charge in [-0.2, -0.15) is 4.31 Å². The van der Waals surface area contributed by atoms with Crippen LogP contribution in [-0.4, -0.2) is 110 Å². The minimum atomic E-state index is -3.88. The first-order valence-corrected chi connectivity index (χ1v) is 16.4. The maximum absolute atomic E-state index is 13.8. The molecule has 6 rings (SSSR count). The molecule has 3 aliphatic heterocycles. The summed E-state index contributed by atoms with van der Waals surface area (Å²) in [6, 6.07) is 9.66. The topological polar surface area (TPSA) is 103 Å². The Labute approximate surface area is 248 Å². The molecule has 218 valence electrons. The highest BCUT2D eigenvalue weighted by Gasteiger charge is 2.39. The number of aromatic nitrogens is 1. The number of morpholine rings is 1. The van der Waals surface area contributed by atoms with E-state index in [-0.39, 0.29) is 42.8 Å². The fourth-order valence-corrected chi connectivity index (χ4v) is 8.50. The lowest BCUT2D eigenvalue weighted by Gasteiger charge is -2.41. The van der Waals surface area contributed by atoms with Crippen molar-refractivity contribution in [3.8, 4) is 0 Å². The number of amides is 2. The van der Waals surface area contributed by atoms with Crippen molar-refractivity contribution in [1.29, 1.82) is 0 Å². The van der Waals surface area contributed by atoms with E-state index in [0.29, 0.717) is 36.3 Å². The van der Waals surface area contributed by atoms with E-state index in [9.17, 15) is 18.0 Å². The summed E-state index contributed by atoms with van der Waals surface area (Å²) in [4.78, 5) is 38.6. The van der Waals surface area contributed by atoms with Gasteiger partial charge in [-0.05, 0) is 42.1 Å². The minimum absolute atomic E-state index is 0.0244. The highest BCUT2D eigenvalue weighted by Crippen LogP contribution is 2.30. The zero-order chi connectivity index (χ0) is 28.7. The van der Waals surface area contributed by atoms with Crippen LogP contribution in [0, 0.1) is 0 Å². The summed E-state index contributed by atoms with van der Waals surface area (Å²) in [6.45, 7) is 3.86. The van der Waals surface area contributed by atoms with Gasteiger partial charge in [0.2, 0.25) is 15.9 Å². The Morgan fingerprint density at radius 3 is 2.61 bits per heavy atom. The first-order chi connectivity index (χ1) is 19.7. The molecule has 13 heteroatoms. The van der Waals surface area contributed by atoms with Crippen LogP contribution in [0.3, 0.4) is 0 Å². The van der Waals surface area contributed by atoms with E-state index in [4.69, 9.17) is 16.3 Å². The highest BCUT2D eigenvalue weighted by molar-refractivity contribution is 7.89. The Morgan fingerprint density at radius 2 is 1.80 bits per heavy atom. The predicted molar refractivity (Wildman–Crippen MR) is 157 cm³/mol. The van der Waals surface area contributed by atoms with E-state index in [1.54, 1.807) is 46.2 Å². The van der Waals surface area contributed by atoms with Gasteiger partial charge in [0.25, 0.3) is 5.91 Å². The van der Waals surface area contributed by atoms with Crippen LogP contribution in [0.1, 0.15) is 26.8 Å². The third kappa shape index (κ3) is 5.86. The molecule has 3 aromatic rings. The van der Waals surface area contributed by atoms with Crippen LogP contribution in [0.4, 0.5) is 0 Å². The van der Waals surface area contributed by atoms with Crippen LogP contribution in [-0.2, 0) is 32.5 Å². The van der Waals surface area contributed by atoms with Crippen molar-refractivity contribution in [3.63, 3.8) is 0 Å². The van der Waals surface area contributed by atoms with Crippen LogP contribution >= 0.6 is 22.9 Å². The third-order valence-corrected chi connectivity index (χ3v) is 11.2. The number of sulfonamides is 1. The van der Waals surface area contributed by atoms with Crippen molar-refractivity contribution >= 4 is 55.5 Å². The Balaban J connectivity index is 1.27. The first kappa shape index (κ1) is 28.5. The lowest BCUT2D eigenvalue weighted by molar-refractivity contribution is -0.136. The summed E-state index contributed by atoms with van der Waals surface area (Å²) in [7, 11) is -1.84. The van der Waals surface area contributed by atoms with Gasteiger partial charge in [-0.25, -0.2) is 13.4 Å². The average molecular weight is 618 g/mol. The van der Waals surface area contributed by atoms with E-state index in [1.165, 1.54) is 15.6 Å². The van der Waals surface area contributed by atoms with Crippen molar-refractivity contribution < 1.29 is 22.7 Å². The quantitative estimate of drug-likeness (QED) is 0.434. The number of hydrogen-bond donors (Lipinski definition) is 0. The zero-order valence-corrected chi connectivity index (χ0v) is 25.2. The molecule has 1 atom stereocenters. The van der Waals surface area contributed by atoms with E-state index in [0.717, 1.165) is 40.9 Å². The lowest BCUT2D eigenvalue weighted by atomic mass is 10.1. The maximum atomic E-state index is 13.8. The molecular formula is C28H32ClN5O5S2. The van der Waals surface area contributed by atoms with Crippen LogP contribution in [0.25, 0.3) is 10.8 Å². The summed E-state index contributed by atoms with van der Waals surface area (Å²) >= 11 is 7.50. The Bertz CT molecular complexity index is 1590. The van der Waals surface area contributed by atoms with Gasteiger partial charge in [0, 0.05) is 68.6 Å². The molecule has 2 saturated heterocycles. The number of hydrogen-bond acceptors (Lipinski definition) is 8. The molecule has 3 aliphatic rings. The van der Waals surface area contributed by atoms with Crippen molar-refractivity contribution in [2.24, 2.45) is 0 Å². The van der Waals surface area contributed by atoms with Gasteiger partial charge in [0.1, 0.15) is 0 Å². The number of carbonyl (C=O) groups excluding carboxylic acids is 2. The molecule has 0 aliphatic carbocycles. The van der Waals surface area contributed by atoms with Gasteiger partial charge >= 0.3 is 0 Å². The van der Waals surface area contributed by atoms with Gasteiger partial charge in [0.15, 0.2) is 5.01 Å². The largest absolute Gasteiger partial charge is 0.378 e. The molecular weight excluding hydrogens is 586 g/mol. The molecule has 0 saturated carbocycles. The van der Waals surface area contributed by atoms with Gasteiger partial charge in [-0.3, -0.25) is 9.59 Å². The molecule has 2 fully saturated rings. The number of thiazole rings is 1. The second-order valence-corrected chi connectivity index (χ2v) is 14.2. The van der Waals surface area contributed by atoms with Crippen molar-refractivity contribution in [2.75, 3.05) is 59.5 Å². The molecule has 0 bridgehead atoms. The fraction of sp³-hybridized carbons (Fsp3) is 0.464. The van der Waals surface area contributed by atoms with Gasteiger partial charge in [0.05, 0.1) is 29.8 Å². The van der Waals surface area contributed by atoms with E-state index in [1.807, 2.05) is 7.05 Å². The molecule has 2 amide bonds. The van der Waals surface area contributed by atoms with Gasteiger partial charge in [-0.1, -0.05) is 23.7 Å². The van der Waals surface area contributed by atoms with Crippen molar-refractivity contribution in [2.45, 2.75) is 30.3 Å². The molecule has 0 N–H and O–H groups in total. The smallest absolute Gasteiger partial charge is 0.283 e. The highest BCUT2D eigenvalue weighted by atomic mass is 35.5. The standard InChI is InChI=1S/C28H32ClN5O5S2/c1-31-7-6-24-25(18-31)40-27(30-24)28(36)34-9-8-33(17-22(34)16-26(35)32-10-12-39-13-11-32)41(37,38)23-5-3-19-14-21(29)4-2-20(19)15-23/h2-5,14-15,22H,6-13,16-18H2,1H3. The summed E-state index contributed by atoms with van der Waals surface area (Å²) in [5.74, 6) is -0.357. The van der Waals surface area contributed by atoms with Crippen LogP contribution in [0.15, 0.2) is 41.3 Å². The Kier molecular flexibility index (Phi) is 8.05. The molecule has 10 nitrogen and oxygen atoms in total. The van der Waals surface area contributed by atoms with Crippen molar-refractivity contribution in [3.05, 3.63) is 57.0 Å². The average Bonchev–Trinajstić information content (AvgIpc) is 3.40. The van der Waals surface area contributed by atoms with E-state index >= 15 is 0 Å². The minimum Gasteiger partial charge on any atom is -0.378 e. The number of halogens is 1. The molecule has 1 unspecified atom stereocenters. The fourth-order valence-electron chi connectivity index (χ4n) is 5.67. The predicted octanol–water partition coefficient (Wildman–Crippen LogP) is 2.70. The number of rotatable bonds is 5. The molecule has 41 heavy (non-hydrogen) atoms. The number of piperazine rings is 1. The summed E-state index contributed by atoms with van der Waals surface area (Å²) in [5.41, 5.74) is 0.955.